The van der Waals surface area contributed by atoms with Crippen LogP contribution in [0.2, 0.25) is 0 Å². The van der Waals surface area contributed by atoms with Gasteiger partial charge in [-0.2, -0.15) is 0 Å². The summed E-state index contributed by atoms with van der Waals surface area (Å²) in [7, 11) is 0. The van der Waals surface area contributed by atoms with Gasteiger partial charge in [0.15, 0.2) is 0 Å². The van der Waals surface area contributed by atoms with E-state index < -0.39 is 0 Å². The van der Waals surface area contributed by atoms with E-state index in [2.05, 4.69) is 0 Å². The largest absolute Gasteiger partial charge is 0.284 e. The van der Waals surface area contributed by atoms with Gasteiger partial charge in [-0.3, -0.25) is 4.42 Å². The first kappa shape index (κ1) is 6.97. The molecule has 9 heavy (non-hydrogen) atoms. The summed E-state index contributed by atoms with van der Waals surface area (Å²) in [5.41, 5.74) is 0. The molecule has 0 aromatic rings. The fourth-order valence-corrected chi connectivity index (χ4v) is 0.990. The Morgan fingerprint density at radius 1 is 1.67 bits per heavy atom. The Balaban J connectivity index is 2.70. The van der Waals surface area contributed by atoms with Crippen LogP contribution in [-0.2, 0) is 0 Å². The zero-order chi connectivity index (χ0) is 6.85. The van der Waals surface area contributed by atoms with Crippen LogP contribution in [0.5, 0.6) is 0 Å². The van der Waals surface area contributed by atoms with Crippen molar-refractivity contribution in [3.8, 4) is 0 Å². The number of rotatable bonds is 0. The highest BCUT2D eigenvalue weighted by atomic mass is 35.5. The maximum Gasteiger partial charge on any atom is 0.0609 e. The van der Waals surface area contributed by atoms with Gasteiger partial charge in [-0.15, -0.1) is 0 Å². The van der Waals surface area contributed by atoms with Gasteiger partial charge in [-0.1, -0.05) is 17.7 Å². The second-order valence-electron chi connectivity index (χ2n) is 1.96. The molecule has 1 nitrogen and oxygen atoms in total. The van der Waals surface area contributed by atoms with Crippen LogP contribution in [0, 0.1) is 0 Å². The number of hydrogen-bond donors (Lipinski definition) is 0. The van der Waals surface area contributed by atoms with Gasteiger partial charge in [0, 0.05) is 18.0 Å². The number of hydrogen-bond acceptors (Lipinski definition) is 1. The molecule has 1 heterocycles. The summed E-state index contributed by atoms with van der Waals surface area (Å²) in [6.07, 6.45) is 5.47. The molecule has 1 unspecified atom stereocenters. The summed E-state index contributed by atoms with van der Waals surface area (Å²) in [4.78, 5) is 0. The lowest BCUT2D eigenvalue weighted by atomic mass is 10.2. The van der Waals surface area contributed by atoms with Gasteiger partial charge in [-0.05, 0) is 13.0 Å². The van der Waals surface area contributed by atoms with Crippen LogP contribution in [0.1, 0.15) is 6.92 Å². The molecule has 1 atom stereocenters. The van der Waals surface area contributed by atoms with Gasteiger partial charge >= 0.3 is 0 Å². The number of nitrogens with zero attached hydrogens (tertiary/aromatic N) is 1. The Labute approximate surface area is 64.7 Å². The first-order chi connectivity index (χ1) is 4.20. The molecule has 3 heteroatoms. The lowest BCUT2D eigenvalue weighted by molar-refractivity contribution is 0.531. The SMILES string of the molecule is CC1C=CC(Cl)=CN1Cl. The lowest BCUT2D eigenvalue weighted by Gasteiger charge is -2.19. The fourth-order valence-electron chi connectivity index (χ4n) is 0.592. The van der Waals surface area contributed by atoms with Crippen LogP contribution in [0.15, 0.2) is 23.4 Å². The van der Waals surface area contributed by atoms with Gasteiger partial charge in [0.25, 0.3) is 0 Å². The molecular weight excluding hydrogens is 157 g/mol. The van der Waals surface area contributed by atoms with Crippen molar-refractivity contribution in [2.45, 2.75) is 13.0 Å². The van der Waals surface area contributed by atoms with Gasteiger partial charge in [-0.25, -0.2) is 0 Å². The maximum absolute atomic E-state index is 5.68. The van der Waals surface area contributed by atoms with Gasteiger partial charge < -0.3 is 0 Å². The quantitative estimate of drug-likeness (QED) is 0.497. The van der Waals surface area contributed by atoms with Crippen molar-refractivity contribution in [2.24, 2.45) is 0 Å². The Morgan fingerprint density at radius 3 is 2.78 bits per heavy atom. The molecule has 0 amide bonds. The van der Waals surface area contributed by atoms with Crippen molar-refractivity contribution in [2.75, 3.05) is 0 Å². The summed E-state index contributed by atoms with van der Waals surface area (Å²) < 4.78 is 1.54. The number of allylic oxidation sites excluding steroid dienone is 2. The van der Waals surface area contributed by atoms with Gasteiger partial charge in [0.1, 0.15) is 0 Å². The van der Waals surface area contributed by atoms with E-state index >= 15 is 0 Å². The zero-order valence-corrected chi connectivity index (χ0v) is 6.52. The normalized spacial score (nSPS) is 26.3. The second-order valence-corrected chi connectivity index (χ2v) is 2.78. The Kier molecular flexibility index (Phi) is 2.04. The molecule has 0 saturated heterocycles. The monoisotopic (exact) mass is 163 g/mol. The molecule has 50 valence electrons. The van der Waals surface area contributed by atoms with Crippen LogP contribution in [0.3, 0.4) is 0 Å². The van der Waals surface area contributed by atoms with Crippen LogP contribution in [0.25, 0.3) is 0 Å². The van der Waals surface area contributed by atoms with Crippen LogP contribution in [-0.4, -0.2) is 10.5 Å². The van der Waals surface area contributed by atoms with E-state index in [0.29, 0.717) is 5.03 Å². The Hall–Kier alpha value is -0.140. The standard InChI is InChI=1S/C6H7Cl2N/c1-5-2-3-6(7)4-9(5)8/h2-5H,1H3. The zero-order valence-electron chi connectivity index (χ0n) is 5.01. The van der Waals surface area contributed by atoms with Crippen molar-refractivity contribution >= 4 is 23.4 Å². The molecule has 0 saturated carbocycles. The van der Waals surface area contributed by atoms with Crippen molar-refractivity contribution in [1.29, 1.82) is 0 Å². The topological polar surface area (TPSA) is 3.24 Å². The molecule has 0 aromatic heterocycles. The highest BCUT2D eigenvalue weighted by Gasteiger charge is 2.07. The smallest absolute Gasteiger partial charge is 0.0609 e. The van der Waals surface area contributed by atoms with Crippen molar-refractivity contribution in [3.63, 3.8) is 0 Å². The lowest BCUT2D eigenvalue weighted by Crippen LogP contribution is -2.18. The third-order valence-electron chi connectivity index (χ3n) is 1.17. The van der Waals surface area contributed by atoms with Gasteiger partial charge in [0.05, 0.1) is 11.1 Å². The van der Waals surface area contributed by atoms with E-state index in [1.165, 1.54) is 0 Å². The van der Waals surface area contributed by atoms with Gasteiger partial charge in [0.2, 0.25) is 0 Å². The molecule has 0 fully saturated rings. The minimum atomic E-state index is 0.245. The van der Waals surface area contributed by atoms with Crippen molar-refractivity contribution < 1.29 is 0 Å². The van der Waals surface area contributed by atoms with E-state index in [9.17, 15) is 0 Å². The predicted molar refractivity (Wildman–Crippen MR) is 40.2 cm³/mol. The highest BCUT2D eigenvalue weighted by molar-refractivity contribution is 6.31. The Morgan fingerprint density at radius 2 is 2.33 bits per heavy atom. The molecule has 0 aromatic carbocycles. The first-order valence-electron chi connectivity index (χ1n) is 2.70. The van der Waals surface area contributed by atoms with E-state index in [0.717, 1.165) is 0 Å². The van der Waals surface area contributed by atoms with E-state index in [1.807, 2.05) is 19.1 Å². The first-order valence-corrected chi connectivity index (χ1v) is 3.41. The van der Waals surface area contributed by atoms with Crippen LogP contribution < -0.4 is 0 Å². The molecule has 0 bridgehead atoms. The molecular formula is C6H7Cl2N. The summed E-state index contributed by atoms with van der Waals surface area (Å²) in [5, 5.41) is 0.670. The second kappa shape index (κ2) is 2.63. The number of halogens is 2. The average molecular weight is 164 g/mol. The summed E-state index contributed by atoms with van der Waals surface area (Å²) in [6, 6.07) is 0.245. The summed E-state index contributed by atoms with van der Waals surface area (Å²) in [6.45, 7) is 1.99. The summed E-state index contributed by atoms with van der Waals surface area (Å²) >= 11 is 11.3. The highest BCUT2D eigenvalue weighted by Crippen LogP contribution is 2.17. The van der Waals surface area contributed by atoms with Crippen LogP contribution >= 0.6 is 23.4 Å². The summed E-state index contributed by atoms with van der Waals surface area (Å²) in [5.74, 6) is 0. The molecule has 1 rings (SSSR count). The molecule has 0 aliphatic carbocycles. The van der Waals surface area contributed by atoms with Crippen molar-refractivity contribution in [3.05, 3.63) is 23.4 Å². The molecule has 1 aliphatic rings. The van der Waals surface area contributed by atoms with Crippen LogP contribution in [0.4, 0.5) is 0 Å². The predicted octanol–water partition coefficient (Wildman–Crippen LogP) is 2.48. The molecule has 1 aliphatic heterocycles. The minimum absolute atomic E-state index is 0.245. The Bertz CT molecular complexity index is 162. The third kappa shape index (κ3) is 1.63. The third-order valence-corrected chi connectivity index (χ3v) is 1.80. The molecule has 0 radical (unpaired) electrons. The molecule has 0 spiro atoms. The average Bonchev–Trinajstić information content (AvgIpc) is 1.80. The van der Waals surface area contributed by atoms with E-state index in [4.69, 9.17) is 23.4 Å². The van der Waals surface area contributed by atoms with Crippen molar-refractivity contribution in [1.82, 2.24) is 4.42 Å². The van der Waals surface area contributed by atoms with E-state index in [-0.39, 0.29) is 6.04 Å². The molecule has 0 N–H and O–H groups in total. The fraction of sp³-hybridized carbons (Fsp3) is 0.333. The minimum Gasteiger partial charge on any atom is -0.284 e. The maximum atomic E-state index is 5.68. The van der Waals surface area contributed by atoms with E-state index in [1.54, 1.807) is 10.6 Å².